The largest absolute Gasteiger partial charge is 0.381 e. The highest BCUT2D eigenvalue weighted by Crippen LogP contribution is 2.52. The molecule has 3 N–H and O–H groups in total. The van der Waals surface area contributed by atoms with Crippen LogP contribution in [0.3, 0.4) is 0 Å². The minimum Gasteiger partial charge on any atom is -0.381 e. The maximum absolute atomic E-state index is 15.3. The number of hydrogen-bond acceptors (Lipinski definition) is 4. The molecule has 1 aromatic rings. The maximum Gasteiger partial charge on any atom is 0.234 e. The Kier molecular flexibility index (Phi) is 6.29. The average Bonchev–Trinajstić information content (AvgIpc) is 3.20. The van der Waals surface area contributed by atoms with Gasteiger partial charge in [-0.25, -0.2) is 4.39 Å². The van der Waals surface area contributed by atoms with Crippen molar-refractivity contribution >= 4 is 17.7 Å². The topological polar surface area (TPSA) is 64.3 Å². The third kappa shape index (κ3) is 3.61. The van der Waals surface area contributed by atoms with Crippen molar-refractivity contribution in [3.8, 4) is 0 Å². The molecule has 6 heteroatoms. The number of benzene rings is 1. The van der Waals surface area contributed by atoms with Crippen LogP contribution in [0.5, 0.6) is 0 Å². The standard InChI is InChI=1S/C24H33FN2O2S/c1-12(2)17(11-26)15-6-5-14(10-18(15)25)20-19(29-4)9-13(3)22-21(20)16-7-8-30-23(16)24(28)27-22/h5-8,10,12-13,16-17,19-23H,9,11,26H2,1-4H3,(H,27,28). The number of nitrogens with one attached hydrogen (secondary N) is 1. The summed E-state index contributed by atoms with van der Waals surface area (Å²) in [6, 6.07) is 5.75. The summed E-state index contributed by atoms with van der Waals surface area (Å²) < 4.78 is 21.2. The molecule has 1 saturated carbocycles. The molecule has 0 bridgehead atoms. The summed E-state index contributed by atoms with van der Waals surface area (Å²) >= 11 is 1.59. The van der Waals surface area contributed by atoms with Crippen molar-refractivity contribution in [3.63, 3.8) is 0 Å². The minimum absolute atomic E-state index is 0.00319. The first-order chi connectivity index (χ1) is 14.4. The molecule has 4 rings (SSSR count). The summed E-state index contributed by atoms with van der Waals surface area (Å²) in [5.74, 6) is 0.901. The van der Waals surface area contributed by atoms with E-state index in [2.05, 4.69) is 38.2 Å². The Hall–Kier alpha value is -1.37. The van der Waals surface area contributed by atoms with Crippen LogP contribution in [0.25, 0.3) is 0 Å². The zero-order valence-electron chi connectivity index (χ0n) is 18.2. The van der Waals surface area contributed by atoms with Gasteiger partial charge in [0, 0.05) is 30.9 Å². The summed E-state index contributed by atoms with van der Waals surface area (Å²) in [5, 5.41) is 5.24. The van der Waals surface area contributed by atoms with Crippen LogP contribution in [0.4, 0.5) is 4.39 Å². The summed E-state index contributed by atoms with van der Waals surface area (Å²) in [5.41, 5.74) is 7.59. The lowest BCUT2D eigenvalue weighted by Crippen LogP contribution is -2.62. The number of methoxy groups -OCH3 is 1. The van der Waals surface area contributed by atoms with E-state index in [9.17, 15) is 4.79 Å². The van der Waals surface area contributed by atoms with Crippen LogP contribution >= 0.6 is 11.8 Å². The molecule has 1 aromatic carbocycles. The number of piperidine rings is 1. The molecule has 2 aliphatic heterocycles. The molecule has 0 radical (unpaired) electrons. The van der Waals surface area contributed by atoms with E-state index in [1.807, 2.05) is 11.5 Å². The van der Waals surface area contributed by atoms with E-state index in [0.717, 1.165) is 12.0 Å². The van der Waals surface area contributed by atoms with Gasteiger partial charge in [0.1, 0.15) is 5.82 Å². The van der Waals surface area contributed by atoms with E-state index in [-0.39, 0.29) is 58.7 Å². The van der Waals surface area contributed by atoms with E-state index in [1.165, 1.54) is 0 Å². The Morgan fingerprint density at radius 2 is 2.13 bits per heavy atom. The van der Waals surface area contributed by atoms with Crippen molar-refractivity contribution in [1.29, 1.82) is 0 Å². The van der Waals surface area contributed by atoms with Crippen molar-refractivity contribution in [2.24, 2.45) is 29.4 Å². The molecule has 3 aliphatic rings. The van der Waals surface area contributed by atoms with Gasteiger partial charge in [0.15, 0.2) is 0 Å². The first-order valence-corrected chi connectivity index (χ1v) is 12.0. The molecule has 4 nitrogen and oxygen atoms in total. The summed E-state index contributed by atoms with van der Waals surface area (Å²) in [4.78, 5) is 12.7. The van der Waals surface area contributed by atoms with E-state index >= 15 is 4.39 Å². The highest BCUT2D eigenvalue weighted by atomic mass is 32.2. The van der Waals surface area contributed by atoms with Crippen LogP contribution in [0.15, 0.2) is 29.7 Å². The Bertz CT molecular complexity index is 829. The van der Waals surface area contributed by atoms with Gasteiger partial charge in [-0.05, 0) is 53.3 Å². The summed E-state index contributed by atoms with van der Waals surface area (Å²) in [6.45, 7) is 6.77. The third-order valence-electron chi connectivity index (χ3n) is 7.50. The number of rotatable bonds is 5. The van der Waals surface area contributed by atoms with E-state index in [1.54, 1.807) is 24.9 Å². The number of fused-ring (bicyclic) bond motifs is 3. The predicted octanol–water partition coefficient (Wildman–Crippen LogP) is 4.02. The van der Waals surface area contributed by atoms with Gasteiger partial charge < -0.3 is 15.8 Å². The van der Waals surface area contributed by atoms with Crippen molar-refractivity contribution in [2.75, 3.05) is 13.7 Å². The van der Waals surface area contributed by atoms with Gasteiger partial charge in [0.05, 0.1) is 11.4 Å². The maximum atomic E-state index is 15.3. The van der Waals surface area contributed by atoms with Crippen molar-refractivity contribution in [1.82, 2.24) is 5.32 Å². The van der Waals surface area contributed by atoms with Crippen molar-refractivity contribution in [3.05, 3.63) is 46.6 Å². The predicted molar refractivity (Wildman–Crippen MR) is 120 cm³/mol. The Morgan fingerprint density at radius 3 is 2.77 bits per heavy atom. The first kappa shape index (κ1) is 21.8. The van der Waals surface area contributed by atoms with Crippen LogP contribution in [0, 0.1) is 29.5 Å². The summed E-state index contributed by atoms with van der Waals surface area (Å²) in [6.07, 6.45) is 3.02. The van der Waals surface area contributed by atoms with Gasteiger partial charge in [-0.3, -0.25) is 4.79 Å². The average molecular weight is 433 g/mol. The molecule has 1 aliphatic carbocycles. The van der Waals surface area contributed by atoms with Gasteiger partial charge in [0.25, 0.3) is 0 Å². The molecule has 8 atom stereocenters. The first-order valence-electron chi connectivity index (χ1n) is 11.0. The van der Waals surface area contributed by atoms with Crippen LogP contribution in [0.1, 0.15) is 50.2 Å². The minimum atomic E-state index is -0.186. The van der Waals surface area contributed by atoms with Crippen LogP contribution in [0.2, 0.25) is 0 Å². The van der Waals surface area contributed by atoms with Gasteiger partial charge in [-0.2, -0.15) is 0 Å². The van der Waals surface area contributed by atoms with Crippen molar-refractivity contribution < 1.29 is 13.9 Å². The third-order valence-corrected chi connectivity index (χ3v) is 8.64. The van der Waals surface area contributed by atoms with Gasteiger partial charge in [-0.15, -0.1) is 11.8 Å². The number of amides is 1. The van der Waals surface area contributed by atoms with Gasteiger partial charge in [-0.1, -0.05) is 39.0 Å². The fourth-order valence-electron chi connectivity index (χ4n) is 5.94. The molecule has 1 amide bonds. The second kappa shape index (κ2) is 8.64. The molecule has 8 unspecified atom stereocenters. The molecule has 2 fully saturated rings. The van der Waals surface area contributed by atoms with Gasteiger partial charge in [0.2, 0.25) is 5.91 Å². The number of ether oxygens (including phenoxy) is 1. The van der Waals surface area contributed by atoms with E-state index in [0.29, 0.717) is 18.0 Å². The number of carbonyl (C=O) groups is 1. The normalized spacial score (nSPS) is 36.4. The lowest BCUT2D eigenvalue weighted by molar-refractivity contribution is -0.129. The molecule has 30 heavy (non-hydrogen) atoms. The molecule has 1 saturated heterocycles. The lowest BCUT2D eigenvalue weighted by Gasteiger charge is -2.52. The smallest absolute Gasteiger partial charge is 0.234 e. The molecule has 0 spiro atoms. The zero-order valence-corrected chi connectivity index (χ0v) is 19.0. The van der Waals surface area contributed by atoms with Crippen molar-refractivity contribution in [2.45, 2.75) is 56.4 Å². The number of thioether (sulfide) groups is 1. The molecule has 164 valence electrons. The SMILES string of the molecule is COC1CC(C)C2NC(=O)C3SC=CC3C2C1c1ccc(C(CN)C(C)C)c(F)c1. The van der Waals surface area contributed by atoms with Crippen LogP contribution in [-0.4, -0.2) is 37.0 Å². The Labute approximate surface area is 183 Å². The zero-order chi connectivity index (χ0) is 21.6. The number of allylic oxidation sites excluding steroid dienone is 1. The van der Waals surface area contributed by atoms with E-state index < -0.39 is 0 Å². The van der Waals surface area contributed by atoms with Crippen LogP contribution in [-0.2, 0) is 9.53 Å². The Morgan fingerprint density at radius 1 is 1.37 bits per heavy atom. The molecular formula is C24H33FN2O2S. The van der Waals surface area contributed by atoms with E-state index in [4.69, 9.17) is 10.5 Å². The molecular weight excluding hydrogens is 399 g/mol. The fourth-order valence-corrected chi connectivity index (χ4v) is 7.03. The summed E-state index contributed by atoms with van der Waals surface area (Å²) in [7, 11) is 1.75. The van der Waals surface area contributed by atoms with Gasteiger partial charge >= 0.3 is 0 Å². The lowest BCUT2D eigenvalue weighted by atomic mass is 9.60. The fraction of sp³-hybridized carbons (Fsp3) is 0.625. The number of hydrogen-bond donors (Lipinski definition) is 2. The monoisotopic (exact) mass is 432 g/mol. The molecule has 0 aromatic heterocycles. The second-order valence-corrected chi connectivity index (χ2v) is 10.5. The highest BCUT2D eigenvalue weighted by Gasteiger charge is 2.54. The Balaban J connectivity index is 1.74. The highest BCUT2D eigenvalue weighted by molar-refractivity contribution is 8.03. The number of carbonyl (C=O) groups excluding carboxylic acids is 1. The number of halogens is 1. The quantitative estimate of drug-likeness (QED) is 0.738. The van der Waals surface area contributed by atoms with Crippen LogP contribution < -0.4 is 11.1 Å². The number of nitrogens with two attached hydrogens (primary N) is 1. The second-order valence-electron chi connectivity index (χ2n) is 9.45. The molecule has 2 heterocycles.